The summed E-state index contributed by atoms with van der Waals surface area (Å²) in [6, 6.07) is 104. The van der Waals surface area contributed by atoms with Crippen LogP contribution in [0.2, 0.25) is 0 Å². The van der Waals surface area contributed by atoms with Crippen LogP contribution in [0.4, 0.5) is 17.1 Å². The van der Waals surface area contributed by atoms with Crippen LogP contribution in [0.3, 0.4) is 0 Å². The Morgan fingerprint density at radius 3 is 1.40 bits per heavy atom. The van der Waals surface area contributed by atoms with Crippen molar-refractivity contribution in [1.29, 1.82) is 0 Å². The molecule has 0 spiro atoms. The van der Waals surface area contributed by atoms with Crippen LogP contribution in [-0.4, -0.2) is 0 Å². The summed E-state index contributed by atoms with van der Waals surface area (Å²) in [7, 11) is 0. The lowest BCUT2D eigenvalue weighted by molar-refractivity contribution is 0.669. The molecule has 0 amide bonds. The summed E-state index contributed by atoms with van der Waals surface area (Å²) < 4.78 is 6.18. The van der Waals surface area contributed by atoms with Crippen LogP contribution in [0.15, 0.2) is 290 Å². The van der Waals surface area contributed by atoms with E-state index in [-0.39, 0.29) is 0 Å². The highest BCUT2D eigenvalue weighted by Gasteiger charge is 2.46. The summed E-state index contributed by atoms with van der Waals surface area (Å²) in [6.07, 6.45) is 0. The highest BCUT2D eigenvalue weighted by atomic mass is 16.3. The van der Waals surface area contributed by atoms with Crippen molar-refractivity contribution in [1.82, 2.24) is 0 Å². The fourth-order valence-electron chi connectivity index (χ4n) is 11.6. The zero-order valence-corrected chi connectivity index (χ0v) is 40.0. The summed E-state index contributed by atoms with van der Waals surface area (Å²) in [4.78, 5) is 2.37. The number of para-hydroxylation sites is 1. The standard InChI is InChI=1S/C71H47NO/c1-3-18-58(19-4-1)71(59-20-5-2-6-21-59)67-24-11-9-22-63(67)64-42-34-57(47-68(64)71)51-32-40-62(41-33-51)72(61-38-30-50(31-39-61)56-35-43-70-66(46-56)65-23-10-12-25-69(65)73-70)60-36-28-49(29-37-60)53-16-13-17-54(44-53)55-27-26-48-14-7-8-15-52(48)45-55/h1-47H. The van der Waals surface area contributed by atoms with Crippen molar-refractivity contribution in [3.63, 3.8) is 0 Å². The topological polar surface area (TPSA) is 16.4 Å². The molecule has 0 saturated carbocycles. The van der Waals surface area contributed by atoms with Gasteiger partial charge in [0, 0.05) is 27.8 Å². The molecule has 0 fully saturated rings. The number of hydrogen-bond donors (Lipinski definition) is 0. The normalized spacial score (nSPS) is 12.5. The molecule has 0 bridgehead atoms. The molecule has 14 rings (SSSR count). The molecule has 0 aliphatic heterocycles. The first-order valence-electron chi connectivity index (χ1n) is 25.1. The fourth-order valence-corrected chi connectivity index (χ4v) is 11.6. The molecule has 1 aliphatic carbocycles. The second-order valence-corrected chi connectivity index (χ2v) is 19.2. The van der Waals surface area contributed by atoms with Gasteiger partial charge in [-0.25, -0.2) is 0 Å². The Kier molecular flexibility index (Phi) is 10.1. The van der Waals surface area contributed by atoms with Crippen LogP contribution in [0.1, 0.15) is 22.3 Å². The maximum absolute atomic E-state index is 6.18. The summed E-state index contributed by atoms with van der Waals surface area (Å²) in [5.41, 5.74) is 21.7. The Labute approximate surface area is 425 Å². The molecule has 0 atom stereocenters. The molecular weight excluding hydrogens is 883 g/mol. The van der Waals surface area contributed by atoms with Crippen LogP contribution in [0, 0.1) is 0 Å². The molecule has 1 aliphatic rings. The van der Waals surface area contributed by atoms with Gasteiger partial charge in [0.25, 0.3) is 0 Å². The summed E-state index contributed by atoms with van der Waals surface area (Å²) >= 11 is 0. The molecule has 12 aromatic carbocycles. The van der Waals surface area contributed by atoms with Crippen molar-refractivity contribution >= 4 is 49.8 Å². The van der Waals surface area contributed by atoms with Gasteiger partial charge >= 0.3 is 0 Å². The van der Waals surface area contributed by atoms with Gasteiger partial charge in [-0.05, 0) is 161 Å². The van der Waals surface area contributed by atoms with Crippen LogP contribution < -0.4 is 4.90 Å². The van der Waals surface area contributed by atoms with E-state index in [9.17, 15) is 0 Å². The van der Waals surface area contributed by atoms with Gasteiger partial charge in [-0.2, -0.15) is 0 Å². The minimum atomic E-state index is -0.463. The Bertz CT molecular complexity index is 4130. The minimum Gasteiger partial charge on any atom is -0.456 e. The summed E-state index contributed by atoms with van der Waals surface area (Å²) in [5, 5.41) is 4.75. The molecule has 0 saturated heterocycles. The lowest BCUT2D eigenvalue weighted by atomic mass is 9.67. The number of furan rings is 1. The average Bonchev–Trinajstić information content (AvgIpc) is 3.99. The molecule has 0 unspecified atom stereocenters. The predicted molar refractivity (Wildman–Crippen MR) is 305 cm³/mol. The lowest BCUT2D eigenvalue weighted by Gasteiger charge is -2.34. The van der Waals surface area contributed by atoms with E-state index in [0.717, 1.165) is 55.7 Å². The van der Waals surface area contributed by atoms with E-state index < -0.39 is 5.41 Å². The second kappa shape index (κ2) is 17.4. The molecule has 1 aromatic heterocycles. The monoisotopic (exact) mass is 929 g/mol. The van der Waals surface area contributed by atoms with Gasteiger partial charge < -0.3 is 9.32 Å². The number of benzene rings is 12. The molecular formula is C71H47NO. The van der Waals surface area contributed by atoms with Gasteiger partial charge in [0.2, 0.25) is 0 Å². The number of anilines is 3. The number of hydrogen-bond acceptors (Lipinski definition) is 2. The molecule has 13 aromatic rings. The number of nitrogens with zero attached hydrogens (tertiary/aromatic N) is 1. The zero-order chi connectivity index (χ0) is 48.3. The van der Waals surface area contributed by atoms with Crippen LogP contribution in [0.25, 0.3) is 88.3 Å². The van der Waals surface area contributed by atoms with Crippen molar-refractivity contribution in [2.24, 2.45) is 0 Å². The molecule has 0 N–H and O–H groups in total. The Morgan fingerprint density at radius 1 is 0.260 bits per heavy atom. The van der Waals surface area contributed by atoms with Crippen molar-refractivity contribution in [2.75, 3.05) is 4.90 Å². The summed E-state index contributed by atoms with van der Waals surface area (Å²) in [5.74, 6) is 0. The fraction of sp³-hybridized carbons (Fsp3) is 0.0141. The third kappa shape index (κ3) is 7.18. The Hall–Kier alpha value is -9.50. The van der Waals surface area contributed by atoms with E-state index in [1.54, 1.807) is 0 Å². The van der Waals surface area contributed by atoms with Crippen LogP contribution >= 0.6 is 0 Å². The van der Waals surface area contributed by atoms with E-state index in [4.69, 9.17) is 4.42 Å². The van der Waals surface area contributed by atoms with Crippen molar-refractivity contribution in [3.8, 4) is 55.6 Å². The van der Waals surface area contributed by atoms with E-state index in [2.05, 4.69) is 278 Å². The van der Waals surface area contributed by atoms with E-state index >= 15 is 0 Å². The largest absolute Gasteiger partial charge is 0.456 e. The minimum absolute atomic E-state index is 0.463. The smallest absolute Gasteiger partial charge is 0.135 e. The lowest BCUT2D eigenvalue weighted by Crippen LogP contribution is -2.28. The highest BCUT2D eigenvalue weighted by Crippen LogP contribution is 2.57. The first-order valence-corrected chi connectivity index (χ1v) is 25.1. The molecule has 2 nitrogen and oxygen atoms in total. The molecule has 1 heterocycles. The first kappa shape index (κ1) is 42.4. The van der Waals surface area contributed by atoms with E-state index in [1.807, 2.05) is 12.1 Å². The molecule has 342 valence electrons. The third-order valence-electron chi connectivity index (χ3n) is 15.2. The van der Waals surface area contributed by atoms with Crippen LogP contribution in [0.5, 0.6) is 0 Å². The van der Waals surface area contributed by atoms with Crippen molar-refractivity contribution in [3.05, 3.63) is 307 Å². The maximum Gasteiger partial charge on any atom is 0.135 e. The molecule has 0 radical (unpaired) electrons. The molecule has 73 heavy (non-hydrogen) atoms. The van der Waals surface area contributed by atoms with Gasteiger partial charge in [-0.15, -0.1) is 0 Å². The van der Waals surface area contributed by atoms with Gasteiger partial charge in [-0.3, -0.25) is 0 Å². The SMILES string of the molecule is c1ccc(C2(c3ccccc3)c3ccccc3-c3ccc(-c4ccc(N(c5ccc(-c6cccc(-c7ccc8ccccc8c7)c6)cc5)c5ccc(-c6ccc7oc8ccccc8c7c6)cc5)cc4)cc32)cc1. The predicted octanol–water partition coefficient (Wildman–Crippen LogP) is 19.2. The van der Waals surface area contributed by atoms with Crippen molar-refractivity contribution in [2.45, 2.75) is 5.41 Å². The maximum atomic E-state index is 6.18. The highest BCUT2D eigenvalue weighted by molar-refractivity contribution is 6.06. The average molecular weight is 930 g/mol. The second-order valence-electron chi connectivity index (χ2n) is 19.2. The number of fused-ring (bicyclic) bond motifs is 7. The first-order chi connectivity index (χ1) is 36.2. The van der Waals surface area contributed by atoms with Gasteiger partial charge in [0.05, 0.1) is 5.41 Å². The van der Waals surface area contributed by atoms with E-state index in [1.165, 1.54) is 72.0 Å². The number of rotatable bonds is 9. The molecule has 2 heteroatoms. The van der Waals surface area contributed by atoms with Gasteiger partial charge in [0.1, 0.15) is 11.2 Å². The zero-order valence-electron chi connectivity index (χ0n) is 40.0. The van der Waals surface area contributed by atoms with E-state index in [0.29, 0.717) is 0 Å². The van der Waals surface area contributed by atoms with Gasteiger partial charge in [0.15, 0.2) is 0 Å². The Morgan fingerprint density at radius 2 is 0.726 bits per heavy atom. The van der Waals surface area contributed by atoms with Crippen LogP contribution in [-0.2, 0) is 5.41 Å². The quantitative estimate of drug-likeness (QED) is 0.143. The third-order valence-corrected chi connectivity index (χ3v) is 15.2. The summed E-state index contributed by atoms with van der Waals surface area (Å²) in [6.45, 7) is 0. The van der Waals surface area contributed by atoms with Crippen molar-refractivity contribution < 1.29 is 4.42 Å². The Balaban J connectivity index is 0.844. The van der Waals surface area contributed by atoms with Gasteiger partial charge in [-0.1, -0.05) is 212 Å².